The first-order valence-corrected chi connectivity index (χ1v) is 6.41. The van der Waals surface area contributed by atoms with Crippen molar-refractivity contribution < 1.29 is 9.90 Å². The quantitative estimate of drug-likeness (QED) is 0.883. The molecule has 1 aromatic rings. The van der Waals surface area contributed by atoms with Gasteiger partial charge in [0.05, 0.1) is 16.7 Å². The van der Waals surface area contributed by atoms with Gasteiger partial charge in [-0.05, 0) is 24.0 Å². The molecule has 100 valence electrons. The van der Waals surface area contributed by atoms with Crippen LogP contribution in [0.3, 0.4) is 0 Å². The van der Waals surface area contributed by atoms with Crippen molar-refractivity contribution in [1.82, 2.24) is 5.32 Å². The Morgan fingerprint density at radius 1 is 1.39 bits per heavy atom. The molecule has 0 aliphatic heterocycles. The summed E-state index contributed by atoms with van der Waals surface area (Å²) in [5.41, 5.74) is 0.291. The third-order valence-electron chi connectivity index (χ3n) is 2.82. The number of carbonyl (C=O) groups is 1. The fourth-order valence-corrected chi connectivity index (χ4v) is 1.72. The van der Waals surface area contributed by atoms with Crippen LogP contribution in [0.5, 0.6) is 0 Å². The second-order valence-electron chi connectivity index (χ2n) is 5.41. The predicted octanol–water partition coefficient (Wildman–Crippen LogP) is 2.87. The average molecular weight is 270 g/mol. The molecule has 3 nitrogen and oxygen atoms in total. The number of nitrogens with one attached hydrogen (secondary N) is 1. The van der Waals surface area contributed by atoms with Crippen LogP contribution in [0.4, 0.5) is 0 Å². The van der Waals surface area contributed by atoms with Gasteiger partial charge in [-0.1, -0.05) is 44.5 Å². The number of aliphatic hydroxyl groups excluding tert-OH is 1. The van der Waals surface area contributed by atoms with E-state index in [0.29, 0.717) is 23.6 Å². The first-order chi connectivity index (χ1) is 8.32. The monoisotopic (exact) mass is 269 g/mol. The van der Waals surface area contributed by atoms with Crippen molar-refractivity contribution in [3.63, 3.8) is 0 Å². The zero-order chi connectivity index (χ0) is 13.8. The van der Waals surface area contributed by atoms with E-state index in [1.165, 1.54) is 0 Å². The lowest BCUT2D eigenvalue weighted by atomic mass is 9.87. The lowest BCUT2D eigenvalue weighted by molar-refractivity contribution is 0.0551. The van der Waals surface area contributed by atoms with Crippen LogP contribution in [-0.2, 0) is 0 Å². The van der Waals surface area contributed by atoms with E-state index in [1.54, 1.807) is 24.3 Å². The van der Waals surface area contributed by atoms with E-state index in [9.17, 15) is 9.90 Å². The van der Waals surface area contributed by atoms with Crippen LogP contribution in [0.25, 0.3) is 0 Å². The number of carbonyl (C=O) groups excluding carboxylic acids is 1. The number of benzene rings is 1. The Labute approximate surface area is 113 Å². The van der Waals surface area contributed by atoms with E-state index in [4.69, 9.17) is 11.6 Å². The van der Waals surface area contributed by atoms with Crippen LogP contribution >= 0.6 is 11.6 Å². The minimum Gasteiger partial charge on any atom is -0.393 e. The molecule has 4 heteroatoms. The Hall–Kier alpha value is -1.06. The smallest absolute Gasteiger partial charge is 0.252 e. The Morgan fingerprint density at radius 3 is 2.56 bits per heavy atom. The fourth-order valence-electron chi connectivity index (χ4n) is 1.50. The van der Waals surface area contributed by atoms with Gasteiger partial charge in [-0.3, -0.25) is 4.79 Å². The van der Waals surface area contributed by atoms with E-state index < -0.39 is 6.10 Å². The van der Waals surface area contributed by atoms with Gasteiger partial charge in [-0.2, -0.15) is 0 Å². The lowest BCUT2D eigenvalue weighted by Crippen LogP contribution is -2.32. The molecule has 0 heterocycles. The predicted molar refractivity (Wildman–Crippen MR) is 73.9 cm³/mol. The van der Waals surface area contributed by atoms with E-state index >= 15 is 0 Å². The molecule has 2 N–H and O–H groups in total. The molecule has 18 heavy (non-hydrogen) atoms. The van der Waals surface area contributed by atoms with Crippen LogP contribution in [0.2, 0.25) is 5.02 Å². The van der Waals surface area contributed by atoms with Gasteiger partial charge in [-0.25, -0.2) is 0 Å². The third kappa shape index (κ3) is 4.31. The van der Waals surface area contributed by atoms with Crippen LogP contribution < -0.4 is 5.32 Å². The average Bonchev–Trinajstić information content (AvgIpc) is 2.28. The summed E-state index contributed by atoms with van der Waals surface area (Å²) in [7, 11) is 0. The van der Waals surface area contributed by atoms with Gasteiger partial charge in [0.1, 0.15) is 0 Å². The highest BCUT2D eigenvalue weighted by Crippen LogP contribution is 2.21. The maximum absolute atomic E-state index is 11.8. The summed E-state index contributed by atoms with van der Waals surface area (Å²) < 4.78 is 0. The summed E-state index contributed by atoms with van der Waals surface area (Å²) in [4.78, 5) is 11.8. The van der Waals surface area contributed by atoms with Crippen molar-refractivity contribution in [2.45, 2.75) is 33.3 Å². The van der Waals surface area contributed by atoms with E-state index in [-0.39, 0.29) is 11.3 Å². The zero-order valence-corrected chi connectivity index (χ0v) is 11.8. The maximum Gasteiger partial charge on any atom is 0.252 e. The van der Waals surface area contributed by atoms with Crippen LogP contribution in [0.15, 0.2) is 24.3 Å². The Kier molecular flexibility index (Phi) is 5.17. The standard InChI is InChI=1S/C14H20ClNO2/c1-14(2,3)12(17)8-9-16-13(18)10-6-4-5-7-11(10)15/h4-7,12,17H,8-9H2,1-3H3,(H,16,18)/t12-/m0/s1. The highest BCUT2D eigenvalue weighted by Gasteiger charge is 2.21. The molecule has 0 fully saturated rings. The van der Waals surface area contributed by atoms with Crippen molar-refractivity contribution in [2.24, 2.45) is 5.41 Å². The molecule has 1 aromatic carbocycles. The summed E-state index contributed by atoms with van der Waals surface area (Å²) >= 11 is 5.92. The summed E-state index contributed by atoms with van der Waals surface area (Å²) in [6.45, 7) is 6.33. The van der Waals surface area contributed by atoms with Gasteiger partial charge in [0.25, 0.3) is 5.91 Å². The number of hydrogen-bond donors (Lipinski definition) is 2. The number of aliphatic hydroxyl groups is 1. The Bertz CT molecular complexity index is 413. The fraction of sp³-hybridized carbons (Fsp3) is 0.500. The summed E-state index contributed by atoms with van der Waals surface area (Å²) in [5.74, 6) is -0.207. The first-order valence-electron chi connectivity index (χ1n) is 6.03. The van der Waals surface area contributed by atoms with Crippen molar-refractivity contribution in [1.29, 1.82) is 0 Å². The van der Waals surface area contributed by atoms with Gasteiger partial charge in [0, 0.05) is 6.54 Å². The van der Waals surface area contributed by atoms with Crippen molar-refractivity contribution in [3.05, 3.63) is 34.9 Å². The second-order valence-corrected chi connectivity index (χ2v) is 5.81. The maximum atomic E-state index is 11.8. The molecule has 1 rings (SSSR count). The first kappa shape index (κ1) is 15.0. The molecule has 0 unspecified atom stereocenters. The number of amides is 1. The molecular formula is C14H20ClNO2. The molecule has 0 aliphatic rings. The topological polar surface area (TPSA) is 49.3 Å². The number of hydrogen-bond acceptors (Lipinski definition) is 2. The van der Waals surface area contributed by atoms with E-state index in [2.05, 4.69) is 5.32 Å². The van der Waals surface area contributed by atoms with E-state index in [0.717, 1.165) is 0 Å². The summed E-state index contributed by atoms with van der Waals surface area (Å²) in [6.07, 6.45) is 0.0868. The second kappa shape index (κ2) is 6.21. The van der Waals surface area contributed by atoms with Gasteiger partial charge >= 0.3 is 0 Å². The zero-order valence-electron chi connectivity index (χ0n) is 11.0. The Balaban J connectivity index is 2.46. The van der Waals surface area contributed by atoms with Crippen molar-refractivity contribution in [3.8, 4) is 0 Å². The molecule has 1 amide bonds. The lowest BCUT2D eigenvalue weighted by Gasteiger charge is -2.25. The van der Waals surface area contributed by atoms with Gasteiger partial charge < -0.3 is 10.4 Å². The van der Waals surface area contributed by atoms with Gasteiger partial charge in [-0.15, -0.1) is 0 Å². The Morgan fingerprint density at radius 2 is 2.00 bits per heavy atom. The molecule has 0 radical (unpaired) electrons. The third-order valence-corrected chi connectivity index (χ3v) is 3.15. The minimum atomic E-state index is -0.441. The molecule has 0 saturated heterocycles. The normalized spacial score (nSPS) is 13.2. The number of halogens is 1. The molecule has 0 saturated carbocycles. The van der Waals surface area contributed by atoms with Crippen molar-refractivity contribution in [2.75, 3.05) is 6.54 Å². The van der Waals surface area contributed by atoms with Crippen LogP contribution in [0, 0.1) is 5.41 Å². The number of rotatable bonds is 4. The SMILES string of the molecule is CC(C)(C)[C@@H](O)CCNC(=O)c1ccccc1Cl. The molecule has 0 aromatic heterocycles. The highest BCUT2D eigenvalue weighted by atomic mass is 35.5. The summed E-state index contributed by atoms with van der Waals surface area (Å²) in [6, 6.07) is 6.91. The van der Waals surface area contributed by atoms with Crippen LogP contribution in [0.1, 0.15) is 37.6 Å². The minimum absolute atomic E-state index is 0.172. The molecule has 0 spiro atoms. The molecule has 1 atom stereocenters. The summed E-state index contributed by atoms with van der Waals surface area (Å²) in [5, 5.41) is 13.0. The largest absolute Gasteiger partial charge is 0.393 e. The molecular weight excluding hydrogens is 250 g/mol. The van der Waals surface area contributed by atoms with E-state index in [1.807, 2.05) is 20.8 Å². The molecule has 0 bridgehead atoms. The van der Waals surface area contributed by atoms with Crippen molar-refractivity contribution >= 4 is 17.5 Å². The van der Waals surface area contributed by atoms with Gasteiger partial charge in [0.2, 0.25) is 0 Å². The van der Waals surface area contributed by atoms with Crippen LogP contribution in [-0.4, -0.2) is 23.7 Å². The highest BCUT2D eigenvalue weighted by molar-refractivity contribution is 6.33. The van der Waals surface area contributed by atoms with Gasteiger partial charge in [0.15, 0.2) is 0 Å². The molecule has 0 aliphatic carbocycles.